The number of ether oxygens (including phenoxy) is 1. The topological polar surface area (TPSA) is 51.2 Å². The van der Waals surface area contributed by atoms with Gasteiger partial charge in [0.2, 0.25) is 0 Å². The predicted octanol–water partition coefficient (Wildman–Crippen LogP) is 3.94. The molecule has 0 bridgehead atoms. The normalized spacial score (nSPS) is 12.9. The summed E-state index contributed by atoms with van der Waals surface area (Å²) in [4.78, 5) is 15.7. The molecule has 1 atom stereocenters. The van der Waals surface area contributed by atoms with Gasteiger partial charge < -0.3 is 4.74 Å². The van der Waals surface area contributed by atoms with Crippen LogP contribution < -0.4 is 5.32 Å². The van der Waals surface area contributed by atoms with Gasteiger partial charge in [0, 0.05) is 6.20 Å². The van der Waals surface area contributed by atoms with Gasteiger partial charge in [-0.15, -0.1) is 0 Å². The zero-order valence-electron chi connectivity index (χ0n) is 11.8. The van der Waals surface area contributed by atoms with E-state index in [1.807, 2.05) is 32.9 Å². The lowest BCUT2D eigenvalue weighted by molar-refractivity contribution is 0.0635. The Balaban J connectivity index is 2.71. The van der Waals surface area contributed by atoms with E-state index in [0.717, 1.165) is 6.42 Å². The minimum Gasteiger partial charge on any atom is -0.444 e. The average molecular weight is 250 g/mol. The van der Waals surface area contributed by atoms with E-state index in [1.54, 1.807) is 6.20 Å². The first-order valence-corrected chi connectivity index (χ1v) is 6.27. The highest BCUT2D eigenvalue weighted by Crippen LogP contribution is 2.20. The number of nitrogens with one attached hydrogen (secondary N) is 1. The Morgan fingerprint density at radius 1 is 1.50 bits per heavy atom. The Kier molecular flexibility index (Phi) is 4.70. The molecule has 1 N–H and O–H groups in total. The van der Waals surface area contributed by atoms with Crippen molar-refractivity contribution < 1.29 is 9.53 Å². The summed E-state index contributed by atoms with van der Waals surface area (Å²) >= 11 is 0. The molecule has 1 unspecified atom stereocenters. The van der Waals surface area contributed by atoms with Crippen LogP contribution in [0.15, 0.2) is 18.3 Å². The lowest BCUT2D eigenvalue weighted by Gasteiger charge is -2.19. The number of hydrogen-bond acceptors (Lipinski definition) is 3. The molecule has 4 nitrogen and oxygen atoms in total. The van der Waals surface area contributed by atoms with Gasteiger partial charge in [-0.2, -0.15) is 0 Å². The molecule has 0 fully saturated rings. The molecule has 18 heavy (non-hydrogen) atoms. The van der Waals surface area contributed by atoms with Gasteiger partial charge in [0.05, 0.1) is 0 Å². The summed E-state index contributed by atoms with van der Waals surface area (Å²) in [5.41, 5.74) is 0.664. The van der Waals surface area contributed by atoms with E-state index in [-0.39, 0.29) is 0 Å². The third kappa shape index (κ3) is 4.73. The zero-order chi connectivity index (χ0) is 13.8. The lowest BCUT2D eigenvalue weighted by atomic mass is 10.00. The first kappa shape index (κ1) is 14.5. The molecule has 100 valence electrons. The number of rotatable bonds is 3. The second-order valence-electron chi connectivity index (χ2n) is 5.41. The van der Waals surface area contributed by atoms with Gasteiger partial charge in [-0.3, -0.25) is 5.32 Å². The fourth-order valence-electron chi connectivity index (χ4n) is 1.47. The predicted molar refractivity (Wildman–Crippen MR) is 72.8 cm³/mol. The van der Waals surface area contributed by atoms with Crippen LogP contribution in [0.5, 0.6) is 0 Å². The number of hydrogen-bond donors (Lipinski definition) is 1. The molecule has 0 radical (unpaired) electrons. The summed E-state index contributed by atoms with van der Waals surface area (Å²) in [5, 5.41) is 2.65. The number of amides is 1. The Labute approximate surface area is 109 Å². The summed E-state index contributed by atoms with van der Waals surface area (Å²) in [7, 11) is 0. The Morgan fingerprint density at radius 3 is 2.72 bits per heavy atom. The van der Waals surface area contributed by atoms with E-state index < -0.39 is 11.7 Å². The lowest BCUT2D eigenvalue weighted by Crippen LogP contribution is -2.27. The first-order valence-electron chi connectivity index (χ1n) is 6.27. The van der Waals surface area contributed by atoms with Crippen LogP contribution in [-0.4, -0.2) is 16.7 Å². The van der Waals surface area contributed by atoms with Crippen molar-refractivity contribution in [2.75, 3.05) is 5.32 Å². The molecule has 0 aliphatic rings. The SMILES string of the molecule is CCC(C)c1ccnc(NC(=O)OC(C)(C)C)c1. The minimum atomic E-state index is -0.502. The van der Waals surface area contributed by atoms with Crippen LogP contribution >= 0.6 is 0 Å². The van der Waals surface area contributed by atoms with Crippen LogP contribution in [-0.2, 0) is 4.74 Å². The molecule has 1 heterocycles. The van der Waals surface area contributed by atoms with E-state index in [0.29, 0.717) is 11.7 Å². The summed E-state index contributed by atoms with van der Waals surface area (Å²) in [5.74, 6) is 0.981. The maximum atomic E-state index is 11.6. The van der Waals surface area contributed by atoms with Gasteiger partial charge in [-0.05, 0) is 50.8 Å². The second-order valence-corrected chi connectivity index (χ2v) is 5.41. The van der Waals surface area contributed by atoms with Crippen LogP contribution in [0, 0.1) is 0 Å². The van der Waals surface area contributed by atoms with Gasteiger partial charge in [0.1, 0.15) is 11.4 Å². The molecular formula is C14H22N2O2. The van der Waals surface area contributed by atoms with Gasteiger partial charge in [0.25, 0.3) is 0 Å². The average Bonchev–Trinajstić information content (AvgIpc) is 2.25. The quantitative estimate of drug-likeness (QED) is 0.883. The van der Waals surface area contributed by atoms with E-state index >= 15 is 0 Å². The summed E-state index contributed by atoms with van der Waals surface area (Å²) < 4.78 is 5.18. The van der Waals surface area contributed by atoms with Crippen molar-refractivity contribution >= 4 is 11.9 Å². The van der Waals surface area contributed by atoms with Gasteiger partial charge in [0.15, 0.2) is 0 Å². The fraction of sp³-hybridized carbons (Fsp3) is 0.571. The van der Waals surface area contributed by atoms with E-state index in [1.165, 1.54) is 5.56 Å². The molecule has 0 saturated heterocycles. The van der Waals surface area contributed by atoms with Crippen LogP contribution in [0.2, 0.25) is 0 Å². The number of pyridine rings is 1. The highest BCUT2D eigenvalue weighted by Gasteiger charge is 2.16. The first-order chi connectivity index (χ1) is 8.31. The van der Waals surface area contributed by atoms with Crippen LogP contribution in [0.25, 0.3) is 0 Å². The van der Waals surface area contributed by atoms with E-state index in [2.05, 4.69) is 24.1 Å². The molecule has 1 aromatic rings. The highest BCUT2D eigenvalue weighted by molar-refractivity contribution is 5.83. The van der Waals surface area contributed by atoms with Crippen molar-refractivity contribution in [2.45, 2.75) is 52.6 Å². The molecular weight excluding hydrogens is 228 g/mol. The summed E-state index contributed by atoms with van der Waals surface area (Å²) in [6, 6.07) is 3.85. The van der Waals surface area contributed by atoms with Gasteiger partial charge in [-0.1, -0.05) is 13.8 Å². The molecule has 0 aromatic carbocycles. The van der Waals surface area contributed by atoms with Gasteiger partial charge in [-0.25, -0.2) is 9.78 Å². The van der Waals surface area contributed by atoms with Crippen molar-refractivity contribution in [2.24, 2.45) is 0 Å². The Morgan fingerprint density at radius 2 is 2.17 bits per heavy atom. The highest BCUT2D eigenvalue weighted by atomic mass is 16.6. The van der Waals surface area contributed by atoms with E-state index in [4.69, 9.17) is 4.74 Å². The van der Waals surface area contributed by atoms with Gasteiger partial charge >= 0.3 is 6.09 Å². The van der Waals surface area contributed by atoms with E-state index in [9.17, 15) is 4.79 Å². The molecule has 4 heteroatoms. The maximum Gasteiger partial charge on any atom is 0.413 e. The Hall–Kier alpha value is -1.58. The Bertz CT molecular complexity index is 411. The maximum absolute atomic E-state index is 11.6. The van der Waals surface area contributed by atoms with Crippen molar-refractivity contribution in [3.05, 3.63) is 23.9 Å². The fourth-order valence-corrected chi connectivity index (χ4v) is 1.47. The zero-order valence-corrected chi connectivity index (χ0v) is 11.8. The molecule has 0 spiro atoms. The number of aromatic nitrogens is 1. The second kappa shape index (κ2) is 5.85. The monoisotopic (exact) mass is 250 g/mol. The number of carbonyl (C=O) groups is 1. The number of nitrogens with zero attached hydrogens (tertiary/aromatic N) is 1. The standard InChI is InChI=1S/C14H22N2O2/c1-6-10(2)11-7-8-15-12(9-11)16-13(17)18-14(3,4)5/h7-10H,6H2,1-5H3,(H,15,16,17). The largest absolute Gasteiger partial charge is 0.444 e. The third-order valence-electron chi connectivity index (χ3n) is 2.59. The molecule has 0 aliphatic heterocycles. The number of carbonyl (C=O) groups excluding carboxylic acids is 1. The smallest absolute Gasteiger partial charge is 0.413 e. The minimum absolute atomic E-state index is 0.451. The molecule has 0 saturated carbocycles. The summed E-state index contributed by atoms with van der Waals surface area (Å²) in [6.07, 6.45) is 2.28. The molecule has 0 aliphatic carbocycles. The third-order valence-corrected chi connectivity index (χ3v) is 2.59. The van der Waals surface area contributed by atoms with Crippen LogP contribution in [0.4, 0.5) is 10.6 Å². The number of anilines is 1. The molecule has 1 rings (SSSR count). The summed E-state index contributed by atoms with van der Waals surface area (Å²) in [6.45, 7) is 9.76. The van der Waals surface area contributed by atoms with Crippen molar-refractivity contribution in [1.29, 1.82) is 0 Å². The van der Waals surface area contributed by atoms with Crippen LogP contribution in [0.1, 0.15) is 52.5 Å². The van der Waals surface area contributed by atoms with Crippen molar-refractivity contribution in [1.82, 2.24) is 4.98 Å². The van der Waals surface area contributed by atoms with Crippen molar-refractivity contribution in [3.63, 3.8) is 0 Å². The van der Waals surface area contributed by atoms with Crippen LogP contribution in [0.3, 0.4) is 0 Å². The molecule has 1 amide bonds. The van der Waals surface area contributed by atoms with Crippen molar-refractivity contribution in [3.8, 4) is 0 Å². The molecule has 1 aromatic heterocycles.